The number of aromatic nitrogens is 3. The molecule has 0 amide bonds. The zero-order valence-corrected chi connectivity index (χ0v) is 17.1. The smallest absolute Gasteiger partial charge is 0.138 e. The number of rotatable bonds is 5. The summed E-state index contributed by atoms with van der Waals surface area (Å²) < 4.78 is 2.11. The SMILES string of the molecule is ClCc1nn(C(c2ccccc2)(c2ccccc2)c2ccccc2)c2ccncc12. The molecule has 0 saturated carbocycles. The first-order valence-corrected chi connectivity index (χ1v) is 10.4. The molecule has 30 heavy (non-hydrogen) atoms. The van der Waals surface area contributed by atoms with Crippen molar-refractivity contribution in [3.63, 3.8) is 0 Å². The molecule has 2 aromatic heterocycles. The molecular formula is C26H20ClN3. The Bertz CT molecular complexity index is 1170. The molecule has 0 radical (unpaired) electrons. The van der Waals surface area contributed by atoms with Crippen molar-refractivity contribution < 1.29 is 0 Å². The van der Waals surface area contributed by atoms with Gasteiger partial charge in [0.25, 0.3) is 0 Å². The van der Waals surface area contributed by atoms with Gasteiger partial charge in [0.05, 0.1) is 17.1 Å². The fraction of sp³-hybridized carbons (Fsp3) is 0.0769. The minimum absolute atomic E-state index is 0.323. The Balaban J connectivity index is 1.98. The van der Waals surface area contributed by atoms with Crippen LogP contribution >= 0.6 is 11.6 Å². The van der Waals surface area contributed by atoms with Gasteiger partial charge >= 0.3 is 0 Å². The van der Waals surface area contributed by atoms with Gasteiger partial charge in [-0.25, -0.2) is 4.68 Å². The van der Waals surface area contributed by atoms with E-state index in [0.29, 0.717) is 5.88 Å². The van der Waals surface area contributed by atoms with E-state index in [2.05, 4.69) is 82.5 Å². The van der Waals surface area contributed by atoms with Gasteiger partial charge in [-0.15, -0.1) is 11.6 Å². The third-order valence-electron chi connectivity index (χ3n) is 5.58. The average molecular weight is 410 g/mol. The Kier molecular flexibility index (Phi) is 4.82. The highest BCUT2D eigenvalue weighted by molar-refractivity contribution is 6.17. The maximum Gasteiger partial charge on any atom is 0.138 e. The lowest BCUT2D eigenvalue weighted by Crippen LogP contribution is -2.38. The lowest BCUT2D eigenvalue weighted by atomic mass is 9.77. The quantitative estimate of drug-likeness (QED) is 0.263. The average Bonchev–Trinajstić information content (AvgIpc) is 3.21. The van der Waals surface area contributed by atoms with Crippen molar-refractivity contribution in [3.8, 4) is 0 Å². The third kappa shape index (κ3) is 2.82. The molecule has 0 aliphatic heterocycles. The molecular weight excluding hydrogens is 390 g/mol. The lowest BCUT2D eigenvalue weighted by molar-refractivity contribution is 0.473. The first-order chi connectivity index (χ1) is 14.9. The van der Waals surface area contributed by atoms with E-state index in [4.69, 9.17) is 16.7 Å². The van der Waals surface area contributed by atoms with Crippen molar-refractivity contribution >= 4 is 22.5 Å². The van der Waals surface area contributed by atoms with Gasteiger partial charge in [0.15, 0.2) is 0 Å². The number of halogens is 1. The van der Waals surface area contributed by atoms with Crippen LogP contribution in [-0.4, -0.2) is 14.8 Å². The van der Waals surface area contributed by atoms with Crippen LogP contribution in [0.4, 0.5) is 0 Å². The molecule has 146 valence electrons. The van der Waals surface area contributed by atoms with Crippen LogP contribution in [0.25, 0.3) is 10.9 Å². The summed E-state index contributed by atoms with van der Waals surface area (Å²) in [5.41, 5.74) is 4.55. The van der Waals surface area contributed by atoms with E-state index in [0.717, 1.165) is 33.3 Å². The number of pyridine rings is 1. The van der Waals surface area contributed by atoms with Crippen molar-refractivity contribution in [3.05, 3.63) is 132 Å². The van der Waals surface area contributed by atoms with Gasteiger partial charge in [0, 0.05) is 17.8 Å². The predicted octanol–water partition coefficient (Wildman–Crippen LogP) is 6.01. The highest BCUT2D eigenvalue weighted by Crippen LogP contribution is 2.42. The molecule has 0 N–H and O–H groups in total. The molecule has 0 unspecified atom stereocenters. The number of alkyl halides is 1. The zero-order chi connectivity index (χ0) is 20.4. The minimum Gasteiger partial charge on any atom is -0.264 e. The molecule has 0 spiro atoms. The van der Waals surface area contributed by atoms with E-state index < -0.39 is 5.54 Å². The van der Waals surface area contributed by atoms with Gasteiger partial charge in [0.2, 0.25) is 0 Å². The lowest BCUT2D eigenvalue weighted by Gasteiger charge is -2.37. The van der Waals surface area contributed by atoms with Crippen molar-refractivity contribution in [2.75, 3.05) is 0 Å². The topological polar surface area (TPSA) is 30.7 Å². The summed E-state index contributed by atoms with van der Waals surface area (Å²) in [5.74, 6) is 0.323. The van der Waals surface area contributed by atoms with Crippen LogP contribution in [0.3, 0.4) is 0 Å². The van der Waals surface area contributed by atoms with Crippen LogP contribution in [0.15, 0.2) is 109 Å². The Labute approximate surface area is 180 Å². The first kappa shape index (κ1) is 18.6. The fourth-order valence-electron chi connectivity index (χ4n) is 4.28. The number of benzene rings is 3. The van der Waals surface area contributed by atoms with Crippen LogP contribution in [-0.2, 0) is 11.4 Å². The summed E-state index contributed by atoms with van der Waals surface area (Å²) in [6.45, 7) is 0. The second-order valence-electron chi connectivity index (χ2n) is 7.19. The summed E-state index contributed by atoms with van der Waals surface area (Å²) in [5, 5.41) is 6.03. The van der Waals surface area contributed by atoms with Crippen LogP contribution in [0.5, 0.6) is 0 Å². The molecule has 3 aromatic carbocycles. The van der Waals surface area contributed by atoms with Crippen LogP contribution < -0.4 is 0 Å². The summed E-state index contributed by atoms with van der Waals surface area (Å²) in [6.07, 6.45) is 3.66. The fourth-order valence-corrected chi connectivity index (χ4v) is 4.48. The van der Waals surface area contributed by atoms with E-state index in [9.17, 15) is 0 Å². The monoisotopic (exact) mass is 409 g/mol. The number of nitrogens with zero attached hydrogens (tertiary/aromatic N) is 3. The first-order valence-electron chi connectivity index (χ1n) is 9.90. The third-order valence-corrected chi connectivity index (χ3v) is 5.83. The van der Waals surface area contributed by atoms with Crippen LogP contribution in [0.1, 0.15) is 22.4 Å². The summed E-state index contributed by atoms with van der Waals surface area (Å²) >= 11 is 6.30. The Morgan fingerprint density at radius 2 is 1.20 bits per heavy atom. The van der Waals surface area contributed by atoms with Crippen molar-refractivity contribution in [1.29, 1.82) is 0 Å². The second-order valence-corrected chi connectivity index (χ2v) is 7.46. The standard InChI is InChI=1S/C26H20ClN3/c27-18-24-23-19-28-17-16-25(23)30(29-24)26(20-10-4-1-5-11-20,21-12-6-2-7-13-21)22-14-8-3-9-15-22/h1-17,19H,18H2. The van der Waals surface area contributed by atoms with Gasteiger partial charge in [-0.05, 0) is 22.8 Å². The molecule has 5 rings (SSSR count). The van der Waals surface area contributed by atoms with Gasteiger partial charge in [0.1, 0.15) is 5.54 Å². The molecule has 0 saturated heterocycles. The highest BCUT2D eigenvalue weighted by atomic mass is 35.5. The minimum atomic E-state index is -0.659. The molecule has 0 atom stereocenters. The Morgan fingerprint density at radius 3 is 1.67 bits per heavy atom. The van der Waals surface area contributed by atoms with E-state index in [-0.39, 0.29) is 0 Å². The molecule has 5 aromatic rings. The maximum absolute atomic E-state index is 6.30. The van der Waals surface area contributed by atoms with Gasteiger partial charge < -0.3 is 0 Å². The molecule has 0 aliphatic carbocycles. The van der Waals surface area contributed by atoms with E-state index in [1.54, 1.807) is 0 Å². The van der Waals surface area contributed by atoms with Gasteiger partial charge in [-0.1, -0.05) is 91.0 Å². The van der Waals surface area contributed by atoms with Gasteiger partial charge in [-0.2, -0.15) is 5.10 Å². The molecule has 0 bridgehead atoms. The normalized spacial score (nSPS) is 11.6. The molecule has 0 fully saturated rings. The van der Waals surface area contributed by atoms with E-state index >= 15 is 0 Å². The summed E-state index contributed by atoms with van der Waals surface area (Å²) in [7, 11) is 0. The molecule has 3 nitrogen and oxygen atoms in total. The summed E-state index contributed by atoms with van der Waals surface area (Å²) in [6, 6.07) is 33.6. The number of fused-ring (bicyclic) bond motifs is 1. The second kappa shape index (κ2) is 7.77. The van der Waals surface area contributed by atoms with E-state index in [1.165, 1.54) is 0 Å². The van der Waals surface area contributed by atoms with Crippen LogP contribution in [0, 0.1) is 0 Å². The number of hydrogen-bond donors (Lipinski definition) is 0. The van der Waals surface area contributed by atoms with Gasteiger partial charge in [-0.3, -0.25) is 4.98 Å². The molecule has 2 heterocycles. The van der Waals surface area contributed by atoms with Crippen molar-refractivity contribution in [2.45, 2.75) is 11.4 Å². The van der Waals surface area contributed by atoms with Crippen molar-refractivity contribution in [2.24, 2.45) is 0 Å². The summed E-state index contributed by atoms with van der Waals surface area (Å²) in [4.78, 5) is 4.32. The largest absolute Gasteiger partial charge is 0.264 e. The van der Waals surface area contributed by atoms with E-state index in [1.807, 2.05) is 36.7 Å². The number of hydrogen-bond acceptors (Lipinski definition) is 2. The Hall–Kier alpha value is -3.43. The van der Waals surface area contributed by atoms with Crippen molar-refractivity contribution in [1.82, 2.24) is 14.8 Å². The zero-order valence-electron chi connectivity index (χ0n) is 16.3. The molecule has 4 heteroatoms. The maximum atomic E-state index is 6.30. The molecule has 0 aliphatic rings. The Morgan fingerprint density at radius 1 is 0.700 bits per heavy atom. The highest BCUT2D eigenvalue weighted by Gasteiger charge is 2.40. The predicted molar refractivity (Wildman–Crippen MR) is 122 cm³/mol. The van der Waals surface area contributed by atoms with Crippen LogP contribution in [0.2, 0.25) is 0 Å².